The Bertz CT molecular complexity index is 511. The molecule has 0 saturated heterocycles. The SMILES string of the molecule is Cc1cccc(OCCNC(C)c2ccco2)c1F. The van der Waals surface area contributed by atoms with Gasteiger partial charge in [0.25, 0.3) is 0 Å². The minimum Gasteiger partial charge on any atom is -0.489 e. The molecule has 1 aromatic carbocycles. The third-order valence-electron chi connectivity index (χ3n) is 2.94. The normalized spacial score (nSPS) is 12.4. The Morgan fingerprint density at radius 1 is 1.32 bits per heavy atom. The van der Waals surface area contributed by atoms with Crippen LogP contribution in [-0.4, -0.2) is 13.2 Å². The number of nitrogens with one attached hydrogen (secondary N) is 1. The summed E-state index contributed by atoms with van der Waals surface area (Å²) in [5, 5.41) is 3.25. The molecule has 0 radical (unpaired) electrons. The maximum atomic E-state index is 13.7. The minimum atomic E-state index is -0.290. The van der Waals surface area contributed by atoms with Crippen LogP contribution in [0, 0.1) is 12.7 Å². The molecule has 1 aromatic heterocycles. The summed E-state index contributed by atoms with van der Waals surface area (Å²) in [7, 11) is 0. The lowest BCUT2D eigenvalue weighted by atomic mass is 10.2. The number of furan rings is 1. The molecule has 0 spiro atoms. The van der Waals surface area contributed by atoms with Gasteiger partial charge in [0.2, 0.25) is 0 Å². The molecule has 1 unspecified atom stereocenters. The summed E-state index contributed by atoms with van der Waals surface area (Å²) >= 11 is 0. The molecule has 19 heavy (non-hydrogen) atoms. The van der Waals surface area contributed by atoms with E-state index in [4.69, 9.17) is 9.15 Å². The van der Waals surface area contributed by atoms with Crippen molar-refractivity contribution in [2.45, 2.75) is 19.9 Å². The topological polar surface area (TPSA) is 34.4 Å². The number of ether oxygens (including phenoxy) is 1. The Morgan fingerprint density at radius 3 is 2.89 bits per heavy atom. The number of rotatable bonds is 6. The smallest absolute Gasteiger partial charge is 0.167 e. The highest BCUT2D eigenvalue weighted by Crippen LogP contribution is 2.19. The third-order valence-corrected chi connectivity index (χ3v) is 2.94. The number of hydrogen-bond acceptors (Lipinski definition) is 3. The second kappa shape index (κ2) is 6.38. The van der Waals surface area contributed by atoms with E-state index in [-0.39, 0.29) is 11.9 Å². The van der Waals surface area contributed by atoms with Gasteiger partial charge in [0.15, 0.2) is 11.6 Å². The highest BCUT2D eigenvalue weighted by atomic mass is 19.1. The second-order valence-corrected chi connectivity index (χ2v) is 4.43. The maximum Gasteiger partial charge on any atom is 0.167 e. The molecule has 1 atom stereocenters. The van der Waals surface area contributed by atoms with Gasteiger partial charge in [-0.15, -0.1) is 0 Å². The molecule has 3 nitrogen and oxygen atoms in total. The lowest BCUT2D eigenvalue weighted by Crippen LogP contribution is -2.24. The molecule has 2 rings (SSSR count). The molecular formula is C15H18FNO2. The van der Waals surface area contributed by atoms with Gasteiger partial charge < -0.3 is 14.5 Å². The average Bonchev–Trinajstić information content (AvgIpc) is 2.93. The van der Waals surface area contributed by atoms with Gasteiger partial charge >= 0.3 is 0 Å². The first-order valence-corrected chi connectivity index (χ1v) is 6.33. The number of aryl methyl sites for hydroxylation is 1. The molecule has 0 bridgehead atoms. The summed E-state index contributed by atoms with van der Waals surface area (Å²) in [6.45, 7) is 4.76. The Labute approximate surface area is 112 Å². The van der Waals surface area contributed by atoms with Crippen LogP contribution in [0.4, 0.5) is 4.39 Å². The molecule has 0 fully saturated rings. The fraction of sp³-hybridized carbons (Fsp3) is 0.333. The predicted octanol–water partition coefficient (Wildman–Crippen LogP) is 3.46. The summed E-state index contributed by atoms with van der Waals surface area (Å²) in [5.74, 6) is 0.885. The van der Waals surface area contributed by atoms with E-state index in [0.29, 0.717) is 24.5 Å². The fourth-order valence-electron chi connectivity index (χ4n) is 1.81. The van der Waals surface area contributed by atoms with Crippen molar-refractivity contribution in [1.29, 1.82) is 0 Å². The summed E-state index contributed by atoms with van der Waals surface area (Å²) in [6, 6.07) is 9.02. The van der Waals surface area contributed by atoms with E-state index in [2.05, 4.69) is 5.32 Å². The molecule has 0 amide bonds. The van der Waals surface area contributed by atoms with Crippen molar-refractivity contribution in [3.63, 3.8) is 0 Å². The molecule has 0 saturated carbocycles. The Morgan fingerprint density at radius 2 is 2.16 bits per heavy atom. The highest BCUT2D eigenvalue weighted by Gasteiger charge is 2.08. The summed E-state index contributed by atoms with van der Waals surface area (Å²) in [5.41, 5.74) is 0.592. The van der Waals surface area contributed by atoms with Crippen molar-refractivity contribution in [3.05, 3.63) is 53.7 Å². The standard InChI is InChI=1S/C15H18FNO2/c1-11-5-3-6-14(15(11)16)19-10-8-17-12(2)13-7-4-9-18-13/h3-7,9,12,17H,8,10H2,1-2H3. The van der Waals surface area contributed by atoms with Crippen molar-refractivity contribution in [3.8, 4) is 5.75 Å². The highest BCUT2D eigenvalue weighted by molar-refractivity contribution is 5.30. The zero-order chi connectivity index (χ0) is 13.7. The lowest BCUT2D eigenvalue weighted by molar-refractivity contribution is 0.288. The molecule has 0 aliphatic heterocycles. The molecule has 4 heteroatoms. The molecular weight excluding hydrogens is 245 g/mol. The van der Waals surface area contributed by atoms with Crippen LogP contribution in [0.2, 0.25) is 0 Å². The number of hydrogen-bond donors (Lipinski definition) is 1. The zero-order valence-corrected chi connectivity index (χ0v) is 11.2. The van der Waals surface area contributed by atoms with Gasteiger partial charge in [0.1, 0.15) is 12.4 Å². The van der Waals surface area contributed by atoms with E-state index in [9.17, 15) is 4.39 Å². The Kier molecular flexibility index (Phi) is 4.58. The van der Waals surface area contributed by atoms with E-state index in [0.717, 1.165) is 5.76 Å². The summed E-state index contributed by atoms with van der Waals surface area (Å²) in [4.78, 5) is 0. The van der Waals surface area contributed by atoms with Gasteiger partial charge in [0.05, 0.1) is 12.3 Å². The van der Waals surface area contributed by atoms with Crippen molar-refractivity contribution < 1.29 is 13.5 Å². The fourth-order valence-corrected chi connectivity index (χ4v) is 1.81. The van der Waals surface area contributed by atoms with Crippen LogP contribution >= 0.6 is 0 Å². The van der Waals surface area contributed by atoms with E-state index in [1.54, 1.807) is 31.4 Å². The second-order valence-electron chi connectivity index (χ2n) is 4.43. The molecule has 1 heterocycles. The Hall–Kier alpha value is -1.81. The first kappa shape index (κ1) is 13.6. The predicted molar refractivity (Wildman–Crippen MR) is 71.8 cm³/mol. The van der Waals surface area contributed by atoms with Crippen LogP contribution in [0.15, 0.2) is 41.0 Å². The van der Waals surface area contributed by atoms with E-state index >= 15 is 0 Å². The molecule has 102 valence electrons. The van der Waals surface area contributed by atoms with Crippen molar-refractivity contribution in [2.75, 3.05) is 13.2 Å². The van der Waals surface area contributed by atoms with Crippen LogP contribution < -0.4 is 10.1 Å². The lowest BCUT2D eigenvalue weighted by Gasteiger charge is -2.12. The van der Waals surface area contributed by atoms with Gasteiger partial charge in [0, 0.05) is 6.54 Å². The van der Waals surface area contributed by atoms with Crippen LogP contribution in [0.25, 0.3) is 0 Å². The molecule has 0 aliphatic rings. The molecule has 1 N–H and O–H groups in total. The van der Waals surface area contributed by atoms with Gasteiger partial charge in [-0.05, 0) is 37.6 Å². The summed E-state index contributed by atoms with van der Waals surface area (Å²) < 4.78 is 24.3. The van der Waals surface area contributed by atoms with Crippen molar-refractivity contribution in [2.24, 2.45) is 0 Å². The van der Waals surface area contributed by atoms with Gasteiger partial charge in [-0.1, -0.05) is 12.1 Å². The van der Waals surface area contributed by atoms with Gasteiger partial charge in [-0.3, -0.25) is 0 Å². The minimum absolute atomic E-state index is 0.112. The third kappa shape index (κ3) is 3.58. The van der Waals surface area contributed by atoms with Crippen LogP contribution in [-0.2, 0) is 0 Å². The quantitative estimate of drug-likeness (QED) is 0.810. The zero-order valence-electron chi connectivity index (χ0n) is 11.2. The van der Waals surface area contributed by atoms with Gasteiger partial charge in [-0.25, -0.2) is 4.39 Å². The van der Waals surface area contributed by atoms with Crippen LogP contribution in [0.1, 0.15) is 24.3 Å². The maximum absolute atomic E-state index is 13.7. The van der Waals surface area contributed by atoms with E-state index in [1.165, 1.54) is 0 Å². The number of halogens is 1. The Balaban J connectivity index is 1.76. The van der Waals surface area contributed by atoms with E-state index in [1.807, 2.05) is 19.1 Å². The van der Waals surface area contributed by atoms with Gasteiger partial charge in [-0.2, -0.15) is 0 Å². The van der Waals surface area contributed by atoms with Crippen molar-refractivity contribution >= 4 is 0 Å². The number of benzene rings is 1. The first-order chi connectivity index (χ1) is 9.18. The first-order valence-electron chi connectivity index (χ1n) is 6.33. The van der Waals surface area contributed by atoms with E-state index < -0.39 is 0 Å². The average molecular weight is 263 g/mol. The monoisotopic (exact) mass is 263 g/mol. The van der Waals surface area contributed by atoms with Crippen LogP contribution in [0.5, 0.6) is 5.75 Å². The van der Waals surface area contributed by atoms with Crippen molar-refractivity contribution in [1.82, 2.24) is 5.32 Å². The van der Waals surface area contributed by atoms with Crippen LogP contribution in [0.3, 0.4) is 0 Å². The summed E-state index contributed by atoms with van der Waals surface area (Å²) in [6.07, 6.45) is 1.64. The molecule has 2 aromatic rings. The molecule has 0 aliphatic carbocycles. The largest absolute Gasteiger partial charge is 0.489 e.